The molecule has 0 atom stereocenters. The van der Waals surface area contributed by atoms with Gasteiger partial charge in [0.1, 0.15) is 9.88 Å². The van der Waals surface area contributed by atoms with Crippen LogP contribution in [0.2, 0.25) is 0 Å². The molecule has 4 nitrogen and oxygen atoms in total. The van der Waals surface area contributed by atoms with Gasteiger partial charge in [-0.25, -0.2) is 4.98 Å². The van der Waals surface area contributed by atoms with E-state index in [4.69, 9.17) is 0 Å². The summed E-state index contributed by atoms with van der Waals surface area (Å²) in [5, 5.41) is 7.39. The lowest BCUT2D eigenvalue weighted by molar-refractivity contribution is 0.0925. The number of amides is 1. The fraction of sp³-hybridized carbons (Fsp3) is 0.444. The zero-order valence-corrected chi connectivity index (χ0v) is 17.0. The van der Waals surface area contributed by atoms with Crippen LogP contribution in [0.3, 0.4) is 0 Å². The van der Waals surface area contributed by atoms with Crippen LogP contribution in [-0.2, 0) is 0 Å². The van der Waals surface area contributed by atoms with E-state index in [0.29, 0.717) is 0 Å². The topological polar surface area (TPSA) is 54.0 Å². The third-order valence-electron chi connectivity index (χ3n) is 4.51. The maximum Gasteiger partial charge on any atom is 0.263 e. The van der Waals surface area contributed by atoms with Crippen LogP contribution in [0.5, 0.6) is 0 Å². The minimum atomic E-state index is 0. The molecule has 0 spiro atoms. The van der Waals surface area contributed by atoms with Gasteiger partial charge in [-0.1, -0.05) is 37.3 Å². The van der Waals surface area contributed by atoms with Crippen molar-refractivity contribution in [3.05, 3.63) is 40.9 Å². The van der Waals surface area contributed by atoms with Gasteiger partial charge in [-0.05, 0) is 38.3 Å². The number of aromatic nitrogens is 1. The van der Waals surface area contributed by atoms with Gasteiger partial charge >= 0.3 is 0 Å². The van der Waals surface area contributed by atoms with Crippen molar-refractivity contribution in [1.82, 2.24) is 15.6 Å². The smallest absolute Gasteiger partial charge is 0.263 e. The first kappa shape index (κ1) is 21.9. The maximum atomic E-state index is 12.5. The number of carbonyl (C=O) groups is 1. The Kier molecular flexibility index (Phi) is 8.35. The first-order valence-corrected chi connectivity index (χ1v) is 8.91. The van der Waals surface area contributed by atoms with E-state index in [1.807, 2.05) is 37.3 Å². The third kappa shape index (κ3) is 5.42. The highest BCUT2D eigenvalue weighted by molar-refractivity contribution is 7.17. The minimum Gasteiger partial charge on any atom is -0.351 e. The number of thiazole rings is 1. The van der Waals surface area contributed by atoms with E-state index in [1.54, 1.807) is 0 Å². The van der Waals surface area contributed by atoms with Crippen molar-refractivity contribution in [1.29, 1.82) is 0 Å². The third-order valence-corrected chi connectivity index (χ3v) is 5.72. The Bertz CT molecular complexity index is 685. The number of nitrogens with one attached hydrogen (secondary N) is 2. The molecule has 1 amide bonds. The summed E-state index contributed by atoms with van der Waals surface area (Å²) in [5.74, 6) is 0.00180. The molecule has 1 aliphatic rings. The van der Waals surface area contributed by atoms with E-state index < -0.39 is 0 Å². The van der Waals surface area contributed by atoms with Crippen LogP contribution in [0.1, 0.15) is 35.1 Å². The van der Waals surface area contributed by atoms with Crippen LogP contribution >= 0.6 is 36.2 Å². The van der Waals surface area contributed by atoms with E-state index in [-0.39, 0.29) is 36.1 Å². The van der Waals surface area contributed by atoms with Gasteiger partial charge in [0.25, 0.3) is 5.91 Å². The van der Waals surface area contributed by atoms with Crippen LogP contribution in [-0.4, -0.2) is 30.5 Å². The molecule has 138 valence electrons. The second kappa shape index (κ2) is 9.53. The van der Waals surface area contributed by atoms with E-state index in [0.717, 1.165) is 53.6 Å². The largest absolute Gasteiger partial charge is 0.351 e. The lowest BCUT2D eigenvalue weighted by atomic mass is 9.81. The van der Waals surface area contributed by atoms with Crippen molar-refractivity contribution in [2.24, 2.45) is 5.41 Å². The van der Waals surface area contributed by atoms with Crippen molar-refractivity contribution < 1.29 is 4.79 Å². The van der Waals surface area contributed by atoms with Crippen molar-refractivity contribution in [3.8, 4) is 10.6 Å². The number of halogens is 2. The molecule has 1 aromatic heterocycles. The summed E-state index contributed by atoms with van der Waals surface area (Å²) in [7, 11) is 0. The zero-order valence-electron chi connectivity index (χ0n) is 14.5. The fourth-order valence-electron chi connectivity index (χ4n) is 2.89. The molecule has 1 aliphatic heterocycles. The molecule has 2 N–H and O–H groups in total. The Morgan fingerprint density at radius 1 is 1.24 bits per heavy atom. The van der Waals surface area contributed by atoms with Crippen LogP contribution in [0.4, 0.5) is 0 Å². The second-order valence-electron chi connectivity index (χ2n) is 6.54. The Labute approximate surface area is 165 Å². The molecule has 1 saturated heterocycles. The molecule has 0 bridgehead atoms. The predicted molar refractivity (Wildman–Crippen MR) is 109 cm³/mol. The van der Waals surface area contributed by atoms with Gasteiger partial charge < -0.3 is 10.6 Å². The zero-order chi connectivity index (χ0) is 16.3. The van der Waals surface area contributed by atoms with Gasteiger partial charge in [0, 0.05) is 12.1 Å². The van der Waals surface area contributed by atoms with Crippen LogP contribution < -0.4 is 10.6 Å². The summed E-state index contributed by atoms with van der Waals surface area (Å²) < 4.78 is 0. The molecule has 0 radical (unpaired) electrons. The van der Waals surface area contributed by atoms with Gasteiger partial charge in [0.15, 0.2) is 0 Å². The molecule has 0 aliphatic carbocycles. The van der Waals surface area contributed by atoms with Crippen molar-refractivity contribution >= 4 is 42.1 Å². The highest BCUT2D eigenvalue weighted by Crippen LogP contribution is 2.29. The summed E-state index contributed by atoms with van der Waals surface area (Å²) in [6.07, 6.45) is 2.20. The van der Waals surface area contributed by atoms with Crippen LogP contribution in [0, 0.1) is 12.3 Å². The number of hydrogen-bond donors (Lipinski definition) is 2. The summed E-state index contributed by atoms with van der Waals surface area (Å²) in [6, 6.07) is 10.0. The van der Waals surface area contributed by atoms with E-state index >= 15 is 0 Å². The standard InChI is InChI=1S/C18H23N3OS.2ClH/c1-13-15(23-17(21-13)14-6-4-3-5-7-14)16(22)20-12-18(2)8-10-19-11-9-18;;/h3-7,19H,8-12H2,1-2H3,(H,20,22);2*1H. The van der Waals surface area contributed by atoms with Crippen LogP contribution in [0.25, 0.3) is 10.6 Å². The molecule has 3 rings (SSSR count). The molecule has 7 heteroatoms. The van der Waals surface area contributed by atoms with Gasteiger partial charge in [0.2, 0.25) is 0 Å². The highest BCUT2D eigenvalue weighted by Gasteiger charge is 2.27. The van der Waals surface area contributed by atoms with Gasteiger partial charge in [-0.15, -0.1) is 36.2 Å². The molecule has 0 unspecified atom stereocenters. The number of aryl methyl sites for hydroxylation is 1. The number of carbonyl (C=O) groups excluding carboxylic acids is 1. The maximum absolute atomic E-state index is 12.5. The van der Waals surface area contributed by atoms with Crippen molar-refractivity contribution in [2.45, 2.75) is 26.7 Å². The number of piperidine rings is 1. The first-order chi connectivity index (χ1) is 11.1. The Hall–Kier alpha value is -1.14. The second-order valence-corrected chi connectivity index (χ2v) is 7.54. The van der Waals surface area contributed by atoms with Crippen molar-refractivity contribution in [3.63, 3.8) is 0 Å². The van der Waals surface area contributed by atoms with Crippen LogP contribution in [0.15, 0.2) is 30.3 Å². The Morgan fingerprint density at radius 3 is 2.52 bits per heavy atom. The Morgan fingerprint density at radius 2 is 1.88 bits per heavy atom. The molecule has 2 aromatic rings. The van der Waals surface area contributed by atoms with Gasteiger partial charge in [-0.2, -0.15) is 0 Å². The summed E-state index contributed by atoms with van der Waals surface area (Å²) in [4.78, 5) is 17.8. The molecular formula is C18H25Cl2N3OS. The Balaban J connectivity index is 0.00000156. The molecule has 25 heavy (non-hydrogen) atoms. The first-order valence-electron chi connectivity index (χ1n) is 8.09. The fourth-order valence-corrected chi connectivity index (χ4v) is 3.88. The summed E-state index contributed by atoms with van der Waals surface area (Å²) in [6.45, 7) is 6.95. The van der Waals surface area contributed by atoms with Gasteiger partial charge in [0.05, 0.1) is 5.69 Å². The normalized spacial score (nSPS) is 15.6. The lowest BCUT2D eigenvalue weighted by Crippen LogP contribution is -2.42. The monoisotopic (exact) mass is 401 g/mol. The molecule has 0 saturated carbocycles. The molecule has 1 fully saturated rings. The minimum absolute atomic E-state index is 0. The summed E-state index contributed by atoms with van der Waals surface area (Å²) in [5.41, 5.74) is 2.06. The average molecular weight is 402 g/mol. The molecule has 1 aromatic carbocycles. The van der Waals surface area contributed by atoms with Crippen molar-refractivity contribution in [2.75, 3.05) is 19.6 Å². The number of nitrogens with zero attached hydrogens (tertiary/aromatic N) is 1. The van der Waals surface area contributed by atoms with E-state index in [1.165, 1.54) is 11.3 Å². The highest BCUT2D eigenvalue weighted by atomic mass is 35.5. The molecule has 2 heterocycles. The summed E-state index contributed by atoms with van der Waals surface area (Å²) >= 11 is 1.47. The molecular weight excluding hydrogens is 377 g/mol. The quantitative estimate of drug-likeness (QED) is 0.810. The average Bonchev–Trinajstić information content (AvgIpc) is 2.96. The van der Waals surface area contributed by atoms with Gasteiger partial charge in [-0.3, -0.25) is 4.79 Å². The van der Waals surface area contributed by atoms with E-state index in [9.17, 15) is 4.79 Å². The number of hydrogen-bond acceptors (Lipinski definition) is 4. The number of benzene rings is 1. The SMILES string of the molecule is Cc1nc(-c2ccccc2)sc1C(=O)NCC1(C)CCNCC1.Cl.Cl. The van der Waals surface area contributed by atoms with E-state index in [2.05, 4.69) is 22.5 Å². The lowest BCUT2D eigenvalue weighted by Gasteiger charge is -2.34. The predicted octanol–water partition coefficient (Wildman–Crippen LogP) is 4.08. The number of rotatable bonds is 4.